The van der Waals surface area contributed by atoms with Gasteiger partial charge < -0.3 is 9.88 Å². The van der Waals surface area contributed by atoms with Gasteiger partial charge in [0.05, 0.1) is 6.20 Å². The number of aromatic amines is 1. The first-order valence-electron chi connectivity index (χ1n) is 5.54. The lowest BCUT2D eigenvalue weighted by atomic mass is 10.3. The lowest BCUT2D eigenvalue weighted by molar-refractivity contribution is 0.278. The van der Waals surface area contributed by atoms with Crippen molar-refractivity contribution in [2.45, 2.75) is 31.8 Å². The van der Waals surface area contributed by atoms with E-state index >= 15 is 0 Å². The molecule has 0 spiro atoms. The van der Waals surface area contributed by atoms with Crippen molar-refractivity contribution in [3.05, 3.63) is 12.0 Å². The number of imidazole rings is 1. The summed E-state index contributed by atoms with van der Waals surface area (Å²) in [4.78, 5) is 8.64. The van der Waals surface area contributed by atoms with Crippen LogP contribution in [-0.2, 0) is 10.0 Å². The molecular formula is C10H20N4O2S. The summed E-state index contributed by atoms with van der Waals surface area (Å²) in [6.45, 7) is 6.89. The summed E-state index contributed by atoms with van der Waals surface area (Å²) >= 11 is 0. The van der Waals surface area contributed by atoms with Crippen molar-refractivity contribution < 1.29 is 8.42 Å². The van der Waals surface area contributed by atoms with Crippen LogP contribution in [0, 0.1) is 6.92 Å². The van der Waals surface area contributed by atoms with Crippen LogP contribution >= 0.6 is 0 Å². The van der Waals surface area contributed by atoms with Gasteiger partial charge in [-0.05, 0) is 27.8 Å². The van der Waals surface area contributed by atoms with Crippen LogP contribution in [0.1, 0.15) is 19.7 Å². The molecule has 0 aromatic carbocycles. The summed E-state index contributed by atoms with van der Waals surface area (Å²) in [5.74, 6) is 0.588. The monoisotopic (exact) mass is 260 g/mol. The SMILES string of the molecule is Cc1ncc(S(=O)(=O)NCCN(C)C(C)C)[nH]1. The van der Waals surface area contributed by atoms with E-state index in [2.05, 4.69) is 33.4 Å². The van der Waals surface area contributed by atoms with E-state index in [0.29, 0.717) is 25.0 Å². The number of likely N-dealkylation sites (N-methyl/N-ethyl adjacent to an activating group) is 1. The fourth-order valence-corrected chi connectivity index (χ4v) is 2.22. The summed E-state index contributed by atoms with van der Waals surface area (Å²) in [6.07, 6.45) is 1.32. The topological polar surface area (TPSA) is 78.1 Å². The Morgan fingerprint density at radius 3 is 2.65 bits per heavy atom. The van der Waals surface area contributed by atoms with E-state index < -0.39 is 10.0 Å². The van der Waals surface area contributed by atoms with Crippen LogP contribution in [0.15, 0.2) is 11.2 Å². The minimum Gasteiger partial charge on any atom is -0.332 e. The number of hydrogen-bond donors (Lipinski definition) is 2. The lowest BCUT2D eigenvalue weighted by Crippen LogP contribution is -2.36. The fourth-order valence-electron chi connectivity index (χ4n) is 1.23. The van der Waals surface area contributed by atoms with Gasteiger partial charge in [-0.1, -0.05) is 0 Å². The molecule has 0 saturated carbocycles. The normalized spacial score (nSPS) is 12.6. The number of aryl methyl sites for hydroxylation is 1. The molecule has 0 amide bonds. The van der Waals surface area contributed by atoms with Crippen LogP contribution in [0.2, 0.25) is 0 Å². The first-order valence-corrected chi connectivity index (χ1v) is 7.03. The van der Waals surface area contributed by atoms with Gasteiger partial charge in [-0.25, -0.2) is 18.1 Å². The van der Waals surface area contributed by atoms with Gasteiger partial charge in [-0.15, -0.1) is 0 Å². The molecule has 0 saturated heterocycles. The van der Waals surface area contributed by atoms with Crippen molar-refractivity contribution >= 4 is 10.0 Å². The third kappa shape index (κ3) is 4.10. The molecule has 0 atom stereocenters. The molecule has 0 unspecified atom stereocenters. The Morgan fingerprint density at radius 1 is 1.53 bits per heavy atom. The molecule has 1 rings (SSSR count). The van der Waals surface area contributed by atoms with Crippen LogP contribution in [0.5, 0.6) is 0 Å². The molecule has 1 aromatic heterocycles. The number of hydrogen-bond acceptors (Lipinski definition) is 4. The van der Waals surface area contributed by atoms with Gasteiger partial charge in [0, 0.05) is 19.1 Å². The smallest absolute Gasteiger partial charge is 0.257 e. The number of H-pyrrole nitrogens is 1. The van der Waals surface area contributed by atoms with Crippen LogP contribution in [-0.4, -0.2) is 49.5 Å². The maximum absolute atomic E-state index is 11.8. The average molecular weight is 260 g/mol. The predicted molar refractivity (Wildman–Crippen MR) is 66.3 cm³/mol. The zero-order valence-corrected chi connectivity index (χ0v) is 11.5. The summed E-state index contributed by atoms with van der Waals surface area (Å²) in [7, 11) is -1.50. The Labute approximate surface area is 102 Å². The number of nitrogens with zero attached hydrogens (tertiary/aromatic N) is 2. The van der Waals surface area contributed by atoms with E-state index in [9.17, 15) is 8.42 Å². The second-order valence-corrected chi connectivity index (χ2v) is 6.04. The Kier molecular flexibility index (Phi) is 4.67. The minimum atomic E-state index is -3.46. The molecule has 0 bridgehead atoms. The first-order chi connectivity index (χ1) is 7.83. The number of rotatable bonds is 6. The highest BCUT2D eigenvalue weighted by molar-refractivity contribution is 7.89. The molecule has 0 radical (unpaired) electrons. The molecule has 0 fully saturated rings. The Hall–Kier alpha value is -0.920. The van der Waals surface area contributed by atoms with E-state index in [-0.39, 0.29) is 5.03 Å². The van der Waals surface area contributed by atoms with Gasteiger partial charge in [0.2, 0.25) is 0 Å². The van der Waals surface area contributed by atoms with Crippen molar-refractivity contribution in [2.24, 2.45) is 0 Å². The highest BCUT2D eigenvalue weighted by Crippen LogP contribution is 2.04. The van der Waals surface area contributed by atoms with E-state index in [4.69, 9.17) is 0 Å². The van der Waals surface area contributed by atoms with Gasteiger partial charge in [0.1, 0.15) is 5.82 Å². The zero-order valence-electron chi connectivity index (χ0n) is 10.7. The molecule has 0 aliphatic rings. The predicted octanol–water partition coefficient (Wildman–Crippen LogP) is 0.337. The van der Waals surface area contributed by atoms with Crippen molar-refractivity contribution in [3.63, 3.8) is 0 Å². The minimum absolute atomic E-state index is 0.113. The van der Waals surface area contributed by atoms with Crippen LogP contribution < -0.4 is 4.72 Å². The molecule has 2 N–H and O–H groups in total. The second-order valence-electron chi connectivity index (χ2n) is 4.30. The quantitative estimate of drug-likeness (QED) is 0.773. The van der Waals surface area contributed by atoms with Gasteiger partial charge in [0.25, 0.3) is 10.0 Å². The Balaban J connectivity index is 2.52. The van der Waals surface area contributed by atoms with E-state index in [1.807, 2.05) is 7.05 Å². The van der Waals surface area contributed by atoms with Gasteiger partial charge in [-0.3, -0.25) is 0 Å². The van der Waals surface area contributed by atoms with Crippen molar-refractivity contribution in [1.82, 2.24) is 19.6 Å². The highest BCUT2D eigenvalue weighted by Gasteiger charge is 2.16. The first kappa shape index (κ1) is 14.1. The van der Waals surface area contributed by atoms with E-state index in [0.717, 1.165) is 0 Å². The number of nitrogens with one attached hydrogen (secondary N) is 2. The van der Waals surface area contributed by atoms with Crippen molar-refractivity contribution in [1.29, 1.82) is 0 Å². The van der Waals surface area contributed by atoms with Gasteiger partial charge >= 0.3 is 0 Å². The van der Waals surface area contributed by atoms with Gasteiger partial charge in [0.15, 0.2) is 5.03 Å². The van der Waals surface area contributed by atoms with Crippen molar-refractivity contribution in [3.8, 4) is 0 Å². The largest absolute Gasteiger partial charge is 0.332 e. The van der Waals surface area contributed by atoms with Crippen molar-refractivity contribution in [2.75, 3.05) is 20.1 Å². The third-order valence-electron chi connectivity index (χ3n) is 2.61. The molecule has 1 heterocycles. The maximum atomic E-state index is 11.8. The summed E-state index contributed by atoms with van der Waals surface area (Å²) < 4.78 is 26.1. The van der Waals surface area contributed by atoms with E-state index in [1.165, 1.54) is 6.20 Å². The fraction of sp³-hybridized carbons (Fsp3) is 0.700. The number of sulfonamides is 1. The standard InChI is InChI=1S/C10H20N4O2S/c1-8(2)14(4)6-5-12-17(15,16)10-7-11-9(3)13-10/h7-8,12H,5-6H2,1-4H3,(H,11,13). The summed E-state index contributed by atoms with van der Waals surface area (Å²) in [6, 6.07) is 0.397. The van der Waals surface area contributed by atoms with Crippen LogP contribution in [0.4, 0.5) is 0 Å². The molecule has 1 aromatic rings. The molecule has 17 heavy (non-hydrogen) atoms. The summed E-state index contributed by atoms with van der Waals surface area (Å²) in [5.41, 5.74) is 0. The number of aromatic nitrogens is 2. The second kappa shape index (κ2) is 5.61. The molecule has 98 valence electrons. The van der Waals surface area contributed by atoms with Gasteiger partial charge in [-0.2, -0.15) is 0 Å². The summed E-state index contributed by atoms with van der Waals surface area (Å²) in [5, 5.41) is 0.113. The molecule has 7 heteroatoms. The third-order valence-corrected chi connectivity index (χ3v) is 3.98. The van der Waals surface area contributed by atoms with Crippen LogP contribution in [0.3, 0.4) is 0 Å². The molecule has 0 aliphatic heterocycles. The zero-order chi connectivity index (χ0) is 13.1. The lowest BCUT2D eigenvalue weighted by Gasteiger charge is -2.20. The van der Waals surface area contributed by atoms with E-state index in [1.54, 1.807) is 6.92 Å². The molecule has 6 nitrogen and oxygen atoms in total. The maximum Gasteiger partial charge on any atom is 0.257 e. The Morgan fingerprint density at radius 2 is 2.18 bits per heavy atom. The molecular weight excluding hydrogens is 240 g/mol. The Bertz CT molecular complexity index is 453. The molecule has 0 aliphatic carbocycles. The average Bonchev–Trinajstić information content (AvgIpc) is 2.65. The highest BCUT2D eigenvalue weighted by atomic mass is 32.2. The van der Waals surface area contributed by atoms with Crippen LogP contribution in [0.25, 0.3) is 0 Å².